The van der Waals surface area contributed by atoms with E-state index >= 15 is 0 Å². The second-order valence-electron chi connectivity index (χ2n) is 8.13. The summed E-state index contributed by atoms with van der Waals surface area (Å²) < 4.78 is 0. The largest absolute Gasteiger partial charge is 0.369 e. The van der Waals surface area contributed by atoms with Gasteiger partial charge in [0.15, 0.2) is 5.72 Å². The lowest BCUT2D eigenvalue weighted by molar-refractivity contribution is -0.187. The van der Waals surface area contributed by atoms with Crippen molar-refractivity contribution in [2.45, 2.75) is 56.8 Å². The molecule has 1 aliphatic carbocycles. The fourth-order valence-electron chi connectivity index (χ4n) is 6.72. The zero-order valence-corrected chi connectivity index (χ0v) is 12.1. The Morgan fingerprint density at radius 1 is 1.30 bits per heavy atom. The van der Waals surface area contributed by atoms with Crippen LogP contribution >= 0.6 is 0 Å². The molecule has 0 spiro atoms. The van der Waals surface area contributed by atoms with Crippen molar-refractivity contribution in [3.8, 4) is 0 Å². The van der Waals surface area contributed by atoms with E-state index in [0.29, 0.717) is 30.2 Å². The van der Waals surface area contributed by atoms with Crippen molar-refractivity contribution in [1.29, 1.82) is 0 Å². The summed E-state index contributed by atoms with van der Waals surface area (Å²) in [6, 6.07) is 0.865. The lowest BCUT2D eigenvalue weighted by Gasteiger charge is -2.56. The minimum atomic E-state index is -0.934. The van der Waals surface area contributed by atoms with Crippen LogP contribution in [-0.4, -0.2) is 40.3 Å². The molecule has 5 fully saturated rings. The Morgan fingerprint density at radius 2 is 2.15 bits per heavy atom. The van der Waals surface area contributed by atoms with Crippen LogP contribution in [0.2, 0.25) is 0 Å². The normalized spacial score (nSPS) is 63.0. The van der Waals surface area contributed by atoms with Crippen LogP contribution in [0.3, 0.4) is 0 Å². The predicted molar refractivity (Wildman–Crippen MR) is 73.6 cm³/mol. The Bertz CT molecular complexity index is 481. The minimum Gasteiger partial charge on any atom is -0.369 e. The molecule has 1 unspecified atom stereocenters. The summed E-state index contributed by atoms with van der Waals surface area (Å²) in [7, 11) is 0. The monoisotopic (exact) mass is 276 g/mol. The smallest absolute Gasteiger partial charge is 0.222 e. The number of amides is 1. The second kappa shape index (κ2) is 3.58. The molecule has 4 nitrogen and oxygen atoms in total. The van der Waals surface area contributed by atoms with Crippen LogP contribution in [0.5, 0.6) is 0 Å². The van der Waals surface area contributed by atoms with Gasteiger partial charge in [-0.25, -0.2) is 0 Å². The second-order valence-corrected chi connectivity index (χ2v) is 8.13. The first-order valence-corrected chi connectivity index (χ1v) is 8.37. The SMILES string of the molecule is C[C@@H]1C[C@@H]2[C@H]3C[C@@H]4CN([C@H]3C1)[C@H]2[C@@]1(O)NC(=O)CC[C@H]41. The molecule has 5 bridgehead atoms. The number of nitrogens with one attached hydrogen (secondary N) is 1. The van der Waals surface area contributed by atoms with Gasteiger partial charge in [-0.15, -0.1) is 0 Å². The van der Waals surface area contributed by atoms with Crippen molar-refractivity contribution in [3.63, 3.8) is 0 Å². The molecule has 0 aromatic rings. The summed E-state index contributed by atoms with van der Waals surface area (Å²) in [5.74, 6) is 3.09. The van der Waals surface area contributed by atoms with Crippen LogP contribution in [0.4, 0.5) is 0 Å². The molecule has 5 rings (SSSR count). The van der Waals surface area contributed by atoms with Crippen molar-refractivity contribution < 1.29 is 9.90 Å². The van der Waals surface area contributed by atoms with E-state index in [0.717, 1.165) is 24.8 Å². The van der Waals surface area contributed by atoms with Gasteiger partial charge in [0.2, 0.25) is 5.91 Å². The third-order valence-electron chi connectivity index (χ3n) is 7.18. The van der Waals surface area contributed by atoms with Crippen LogP contribution in [0.25, 0.3) is 0 Å². The van der Waals surface area contributed by atoms with Gasteiger partial charge in [-0.05, 0) is 49.4 Å². The number of nitrogens with zero attached hydrogens (tertiary/aromatic N) is 1. The maximum absolute atomic E-state index is 11.9. The van der Waals surface area contributed by atoms with Crippen molar-refractivity contribution in [3.05, 3.63) is 0 Å². The number of fused-ring (bicyclic) bond motifs is 5. The summed E-state index contributed by atoms with van der Waals surface area (Å²) in [6.45, 7) is 3.52. The fourth-order valence-corrected chi connectivity index (χ4v) is 6.72. The van der Waals surface area contributed by atoms with Gasteiger partial charge in [0.25, 0.3) is 0 Å². The van der Waals surface area contributed by atoms with Crippen molar-refractivity contribution in [2.24, 2.45) is 29.6 Å². The Hall–Kier alpha value is -0.610. The van der Waals surface area contributed by atoms with Gasteiger partial charge < -0.3 is 10.4 Å². The van der Waals surface area contributed by atoms with Crippen LogP contribution in [0.15, 0.2) is 0 Å². The number of carbonyl (C=O) groups is 1. The van der Waals surface area contributed by atoms with Gasteiger partial charge in [-0.1, -0.05) is 6.92 Å². The first kappa shape index (κ1) is 12.0. The highest BCUT2D eigenvalue weighted by Gasteiger charge is 2.69. The summed E-state index contributed by atoms with van der Waals surface area (Å²) >= 11 is 0. The highest BCUT2D eigenvalue weighted by Crippen LogP contribution is 2.61. The maximum atomic E-state index is 11.9. The third-order valence-corrected chi connectivity index (χ3v) is 7.18. The molecule has 1 amide bonds. The molecule has 0 radical (unpaired) electrons. The van der Waals surface area contributed by atoms with E-state index in [1.54, 1.807) is 0 Å². The van der Waals surface area contributed by atoms with Crippen LogP contribution in [-0.2, 0) is 4.79 Å². The Labute approximate surface area is 119 Å². The van der Waals surface area contributed by atoms with Gasteiger partial charge in [0.1, 0.15) is 0 Å². The molecule has 1 saturated carbocycles. The molecule has 2 N–H and O–H groups in total. The van der Waals surface area contributed by atoms with E-state index in [9.17, 15) is 9.90 Å². The van der Waals surface area contributed by atoms with E-state index in [2.05, 4.69) is 17.1 Å². The molecule has 20 heavy (non-hydrogen) atoms. The number of rotatable bonds is 0. The molecule has 4 heterocycles. The third kappa shape index (κ3) is 1.24. The van der Waals surface area contributed by atoms with Crippen molar-refractivity contribution >= 4 is 5.91 Å². The van der Waals surface area contributed by atoms with Gasteiger partial charge in [0, 0.05) is 24.9 Å². The minimum absolute atomic E-state index is 0.0531. The van der Waals surface area contributed by atoms with E-state index in [1.807, 2.05) is 0 Å². The summed E-state index contributed by atoms with van der Waals surface area (Å²) in [5.41, 5.74) is -0.934. The van der Waals surface area contributed by atoms with Gasteiger partial charge in [0.05, 0.1) is 6.04 Å². The molecule has 9 atom stereocenters. The number of piperidine rings is 3. The highest BCUT2D eigenvalue weighted by molar-refractivity contribution is 5.77. The Kier molecular flexibility index (Phi) is 2.15. The van der Waals surface area contributed by atoms with E-state index < -0.39 is 5.72 Å². The quantitative estimate of drug-likeness (QED) is 0.692. The standard InChI is InChI=1S/C16H24N2O2/c1-8-4-11-10-6-9-7-18(13(10)5-8)15(11)16(20)12(9)2-3-14(19)17-16/h8-13,15,20H,2-7H2,1H3,(H,17,19)/t8-,9-,10-,11-,12-,13+,15-,16-/m1/s1. The zero-order valence-electron chi connectivity index (χ0n) is 12.1. The van der Waals surface area contributed by atoms with Crippen molar-refractivity contribution in [2.75, 3.05) is 6.54 Å². The molecule has 4 saturated heterocycles. The van der Waals surface area contributed by atoms with E-state index in [-0.39, 0.29) is 11.9 Å². The highest BCUT2D eigenvalue weighted by atomic mass is 16.3. The summed E-state index contributed by atoms with van der Waals surface area (Å²) in [6.07, 6.45) is 5.30. The molecule has 110 valence electrons. The molecular formula is C16H24N2O2. The number of hydrogen-bond acceptors (Lipinski definition) is 3. The average Bonchev–Trinajstić information content (AvgIpc) is 2.55. The summed E-state index contributed by atoms with van der Waals surface area (Å²) in [4.78, 5) is 14.5. The Morgan fingerprint density at radius 3 is 3.00 bits per heavy atom. The molecule has 0 aromatic carbocycles. The molecule has 0 aromatic heterocycles. The van der Waals surface area contributed by atoms with Crippen LogP contribution in [0, 0.1) is 29.6 Å². The first-order valence-electron chi connectivity index (χ1n) is 8.37. The number of carbonyl (C=O) groups excluding carboxylic acids is 1. The zero-order chi connectivity index (χ0) is 13.6. The lowest BCUT2D eigenvalue weighted by atomic mass is 9.69. The first-order chi connectivity index (χ1) is 9.58. The van der Waals surface area contributed by atoms with Crippen LogP contribution in [0.1, 0.15) is 39.0 Å². The topological polar surface area (TPSA) is 52.6 Å². The maximum Gasteiger partial charge on any atom is 0.222 e. The molecule has 4 aliphatic heterocycles. The lowest BCUT2D eigenvalue weighted by Crippen LogP contribution is -2.73. The van der Waals surface area contributed by atoms with E-state index in [4.69, 9.17) is 0 Å². The number of hydrogen-bond donors (Lipinski definition) is 2. The number of aliphatic hydroxyl groups is 1. The average molecular weight is 276 g/mol. The van der Waals surface area contributed by atoms with Crippen molar-refractivity contribution in [1.82, 2.24) is 10.2 Å². The Balaban J connectivity index is 1.62. The van der Waals surface area contributed by atoms with Gasteiger partial charge >= 0.3 is 0 Å². The molecule has 5 aliphatic rings. The summed E-state index contributed by atoms with van der Waals surface area (Å²) in [5, 5.41) is 14.4. The van der Waals surface area contributed by atoms with Crippen LogP contribution < -0.4 is 5.32 Å². The molecular weight excluding hydrogens is 252 g/mol. The predicted octanol–water partition coefficient (Wildman–Crippen LogP) is 0.950. The van der Waals surface area contributed by atoms with Gasteiger partial charge in [-0.3, -0.25) is 9.69 Å². The van der Waals surface area contributed by atoms with E-state index in [1.165, 1.54) is 19.3 Å². The fraction of sp³-hybridized carbons (Fsp3) is 0.938. The van der Waals surface area contributed by atoms with Gasteiger partial charge in [-0.2, -0.15) is 0 Å². The molecule has 4 heteroatoms.